The molecule has 31 heavy (non-hydrogen) atoms. The number of para-hydroxylation sites is 2. The van der Waals surface area contributed by atoms with E-state index >= 15 is 0 Å². The Morgan fingerprint density at radius 3 is 2.23 bits per heavy atom. The summed E-state index contributed by atoms with van der Waals surface area (Å²) < 4.78 is 6.05. The molecule has 170 valence electrons. The SMILES string of the molecule is CC(C)(C)Cc1cccc(Cc2cccc(C(C)(C)C)c2O)c1OCC(=O)NCCN. The van der Waals surface area contributed by atoms with Gasteiger partial charge in [0.2, 0.25) is 0 Å². The first-order valence-corrected chi connectivity index (χ1v) is 10.9. The van der Waals surface area contributed by atoms with E-state index in [0.717, 1.165) is 34.4 Å². The van der Waals surface area contributed by atoms with Crippen molar-refractivity contribution in [1.82, 2.24) is 5.32 Å². The van der Waals surface area contributed by atoms with E-state index in [4.69, 9.17) is 10.5 Å². The lowest BCUT2D eigenvalue weighted by atomic mass is 9.84. The number of amides is 1. The lowest BCUT2D eigenvalue weighted by Gasteiger charge is -2.24. The third kappa shape index (κ3) is 7.28. The summed E-state index contributed by atoms with van der Waals surface area (Å²) in [5, 5.41) is 13.7. The van der Waals surface area contributed by atoms with Crippen LogP contribution in [0, 0.1) is 5.41 Å². The van der Waals surface area contributed by atoms with Gasteiger partial charge in [-0.1, -0.05) is 77.9 Å². The molecule has 0 bridgehead atoms. The van der Waals surface area contributed by atoms with Gasteiger partial charge in [-0.05, 0) is 39.5 Å². The van der Waals surface area contributed by atoms with Crippen molar-refractivity contribution in [2.75, 3.05) is 19.7 Å². The predicted octanol–water partition coefficient (Wildman–Crippen LogP) is 4.32. The largest absolute Gasteiger partial charge is 0.507 e. The molecule has 0 aliphatic rings. The average Bonchev–Trinajstić information content (AvgIpc) is 2.65. The molecule has 0 radical (unpaired) electrons. The van der Waals surface area contributed by atoms with Crippen molar-refractivity contribution in [1.29, 1.82) is 0 Å². The van der Waals surface area contributed by atoms with Gasteiger partial charge in [0, 0.05) is 19.5 Å². The Balaban J connectivity index is 2.40. The number of hydrogen-bond acceptors (Lipinski definition) is 4. The van der Waals surface area contributed by atoms with Crippen LogP contribution < -0.4 is 15.8 Å². The standard InChI is InChI=1S/C26H38N2O3/c1-25(2,3)16-20-11-7-10-19(24(20)31-17-22(29)28-14-13-27)15-18-9-8-12-21(23(18)30)26(4,5)6/h7-12,30H,13-17,27H2,1-6H3,(H,28,29). The molecule has 2 aromatic rings. The Bertz CT molecular complexity index is 893. The number of carbonyl (C=O) groups is 1. The van der Waals surface area contributed by atoms with E-state index in [9.17, 15) is 9.90 Å². The second-order valence-electron chi connectivity index (χ2n) is 10.3. The highest BCUT2D eigenvalue weighted by Gasteiger charge is 2.22. The second kappa shape index (κ2) is 10.2. The molecule has 0 heterocycles. The fourth-order valence-electron chi connectivity index (χ4n) is 3.62. The first-order valence-electron chi connectivity index (χ1n) is 10.9. The fraction of sp³-hybridized carbons (Fsp3) is 0.500. The van der Waals surface area contributed by atoms with Gasteiger partial charge < -0.3 is 20.9 Å². The van der Waals surface area contributed by atoms with Gasteiger partial charge in [0.25, 0.3) is 5.91 Å². The molecule has 0 atom stereocenters. The maximum absolute atomic E-state index is 12.1. The zero-order valence-corrected chi connectivity index (χ0v) is 19.8. The smallest absolute Gasteiger partial charge is 0.257 e. The molecule has 0 saturated heterocycles. The summed E-state index contributed by atoms with van der Waals surface area (Å²) in [6, 6.07) is 12.0. The van der Waals surface area contributed by atoms with Crippen LogP contribution in [0.2, 0.25) is 0 Å². The van der Waals surface area contributed by atoms with Gasteiger partial charge in [0.05, 0.1) is 0 Å². The van der Waals surface area contributed by atoms with Gasteiger partial charge in [0.1, 0.15) is 11.5 Å². The molecule has 5 nitrogen and oxygen atoms in total. The van der Waals surface area contributed by atoms with Crippen LogP contribution >= 0.6 is 0 Å². The summed E-state index contributed by atoms with van der Waals surface area (Å²) in [5.41, 5.74) is 9.14. The quantitative estimate of drug-likeness (QED) is 0.587. The third-order valence-corrected chi connectivity index (χ3v) is 5.02. The molecule has 0 aromatic heterocycles. The molecule has 0 aliphatic carbocycles. The Labute approximate surface area is 187 Å². The molecule has 0 fully saturated rings. The van der Waals surface area contributed by atoms with Crippen molar-refractivity contribution in [2.24, 2.45) is 11.1 Å². The van der Waals surface area contributed by atoms with Gasteiger partial charge in [-0.15, -0.1) is 0 Å². The van der Waals surface area contributed by atoms with E-state index in [-0.39, 0.29) is 23.3 Å². The highest BCUT2D eigenvalue weighted by Crippen LogP contribution is 2.37. The van der Waals surface area contributed by atoms with Gasteiger partial charge in [0.15, 0.2) is 6.61 Å². The van der Waals surface area contributed by atoms with Crippen molar-refractivity contribution < 1.29 is 14.6 Å². The number of nitrogens with one attached hydrogen (secondary N) is 1. The lowest BCUT2D eigenvalue weighted by molar-refractivity contribution is -0.123. The number of phenols is 1. The van der Waals surface area contributed by atoms with Gasteiger partial charge in [-0.3, -0.25) is 4.79 Å². The number of nitrogens with two attached hydrogens (primary N) is 1. The number of ether oxygens (including phenoxy) is 1. The second-order valence-corrected chi connectivity index (χ2v) is 10.3. The normalized spacial score (nSPS) is 12.0. The van der Waals surface area contributed by atoms with E-state index in [1.165, 1.54) is 0 Å². The maximum Gasteiger partial charge on any atom is 0.257 e. The Morgan fingerprint density at radius 1 is 1.00 bits per heavy atom. The zero-order chi connectivity index (χ0) is 23.2. The number of aromatic hydroxyl groups is 1. The summed E-state index contributed by atoms with van der Waals surface area (Å²) in [7, 11) is 0. The fourth-order valence-corrected chi connectivity index (χ4v) is 3.62. The number of carbonyl (C=O) groups excluding carboxylic acids is 1. The highest BCUT2D eigenvalue weighted by molar-refractivity contribution is 5.77. The summed E-state index contributed by atoms with van der Waals surface area (Å²) in [5.74, 6) is 0.850. The minimum atomic E-state index is -0.195. The van der Waals surface area contributed by atoms with Crippen LogP contribution in [-0.2, 0) is 23.1 Å². The minimum Gasteiger partial charge on any atom is -0.507 e. The summed E-state index contributed by atoms with van der Waals surface area (Å²) in [6.07, 6.45) is 1.34. The van der Waals surface area contributed by atoms with Crippen molar-refractivity contribution in [3.05, 3.63) is 58.7 Å². The first-order chi connectivity index (χ1) is 14.4. The predicted molar refractivity (Wildman–Crippen MR) is 127 cm³/mol. The monoisotopic (exact) mass is 426 g/mol. The Hall–Kier alpha value is -2.53. The van der Waals surface area contributed by atoms with Crippen LogP contribution in [-0.4, -0.2) is 30.7 Å². The van der Waals surface area contributed by atoms with Crippen molar-refractivity contribution in [3.8, 4) is 11.5 Å². The van der Waals surface area contributed by atoms with E-state index in [0.29, 0.717) is 25.3 Å². The minimum absolute atomic E-state index is 0.0623. The number of rotatable bonds is 8. The van der Waals surface area contributed by atoms with Crippen molar-refractivity contribution >= 4 is 5.91 Å². The Morgan fingerprint density at radius 2 is 1.61 bits per heavy atom. The number of hydrogen-bond donors (Lipinski definition) is 3. The zero-order valence-electron chi connectivity index (χ0n) is 19.8. The van der Waals surface area contributed by atoms with E-state index in [1.54, 1.807) is 0 Å². The van der Waals surface area contributed by atoms with Crippen LogP contribution in [0.25, 0.3) is 0 Å². The first kappa shape index (κ1) is 24.7. The van der Waals surface area contributed by atoms with Gasteiger partial charge >= 0.3 is 0 Å². The average molecular weight is 427 g/mol. The van der Waals surface area contributed by atoms with Gasteiger partial charge in [-0.25, -0.2) is 0 Å². The maximum atomic E-state index is 12.1. The third-order valence-electron chi connectivity index (χ3n) is 5.02. The lowest BCUT2D eigenvalue weighted by Crippen LogP contribution is -2.33. The molecular weight excluding hydrogens is 388 g/mol. The molecule has 0 spiro atoms. The molecular formula is C26H38N2O3. The van der Waals surface area contributed by atoms with Crippen LogP contribution in [0.1, 0.15) is 63.8 Å². The van der Waals surface area contributed by atoms with Crippen molar-refractivity contribution in [3.63, 3.8) is 0 Å². The van der Waals surface area contributed by atoms with E-state index in [1.807, 2.05) is 36.4 Å². The number of benzene rings is 2. The molecule has 4 N–H and O–H groups in total. The van der Waals surface area contributed by atoms with Gasteiger partial charge in [-0.2, -0.15) is 0 Å². The molecule has 0 saturated carbocycles. The molecule has 0 aliphatic heterocycles. The van der Waals surface area contributed by atoms with E-state index in [2.05, 4.69) is 46.9 Å². The summed E-state index contributed by atoms with van der Waals surface area (Å²) in [4.78, 5) is 12.1. The highest BCUT2D eigenvalue weighted by atomic mass is 16.5. The van der Waals surface area contributed by atoms with Crippen LogP contribution in [0.5, 0.6) is 11.5 Å². The van der Waals surface area contributed by atoms with Crippen LogP contribution in [0.3, 0.4) is 0 Å². The molecule has 1 amide bonds. The molecule has 2 aromatic carbocycles. The van der Waals surface area contributed by atoms with Crippen molar-refractivity contribution in [2.45, 2.75) is 59.8 Å². The van der Waals surface area contributed by atoms with Crippen LogP contribution in [0.4, 0.5) is 0 Å². The van der Waals surface area contributed by atoms with Crippen LogP contribution in [0.15, 0.2) is 36.4 Å². The Kier molecular flexibility index (Phi) is 8.13. The molecule has 5 heteroatoms. The van der Waals surface area contributed by atoms with E-state index < -0.39 is 0 Å². The number of phenolic OH excluding ortho intramolecular Hbond substituents is 1. The molecule has 2 rings (SSSR count). The summed E-state index contributed by atoms with van der Waals surface area (Å²) in [6.45, 7) is 13.5. The summed E-state index contributed by atoms with van der Waals surface area (Å²) >= 11 is 0. The topological polar surface area (TPSA) is 84.6 Å². The molecule has 0 unspecified atom stereocenters.